The zero-order valence-corrected chi connectivity index (χ0v) is 11.4. The first-order valence-electron chi connectivity index (χ1n) is 6.61. The number of aromatic nitrogens is 3. The number of rotatable bonds is 4. The first kappa shape index (κ1) is 14.5. The van der Waals surface area contributed by atoms with Crippen molar-refractivity contribution in [2.45, 2.75) is 12.2 Å². The Hall–Kier alpha value is -2.42. The average molecular weight is 310 g/mol. The summed E-state index contributed by atoms with van der Waals surface area (Å²) < 4.78 is 37.4. The van der Waals surface area contributed by atoms with Gasteiger partial charge in [-0.25, -0.2) is 15.0 Å². The molecule has 3 N–H and O–H groups in total. The molecule has 3 rings (SSSR count). The average Bonchev–Trinajstić information content (AvgIpc) is 2.44. The highest BCUT2D eigenvalue weighted by molar-refractivity contribution is 5.67. The normalized spacial score (nSPS) is 15.2. The lowest BCUT2D eigenvalue weighted by atomic mass is 10.2. The number of halogens is 3. The number of hydrogen-bond acceptors (Lipinski definition) is 6. The molecule has 2 aromatic rings. The Morgan fingerprint density at radius 3 is 2.32 bits per heavy atom. The van der Waals surface area contributed by atoms with Gasteiger partial charge in [0.1, 0.15) is 5.69 Å². The Bertz CT molecular complexity index is 639. The minimum atomic E-state index is -4.45. The molecule has 0 spiro atoms. The third-order valence-corrected chi connectivity index (χ3v) is 3.14. The summed E-state index contributed by atoms with van der Waals surface area (Å²) in [6, 6.07) is 2.49. The zero-order chi connectivity index (χ0) is 15.6. The molecule has 22 heavy (non-hydrogen) atoms. The summed E-state index contributed by atoms with van der Waals surface area (Å²) in [5.74, 6) is 0.991. The maximum atomic E-state index is 12.5. The Labute approximate surface area is 124 Å². The number of nitrogens with zero attached hydrogens (tertiary/aromatic N) is 3. The van der Waals surface area contributed by atoms with Gasteiger partial charge in [-0.2, -0.15) is 13.2 Å². The van der Waals surface area contributed by atoms with Gasteiger partial charge < -0.3 is 16.0 Å². The van der Waals surface area contributed by atoms with Crippen molar-refractivity contribution in [2.24, 2.45) is 0 Å². The van der Waals surface area contributed by atoms with Crippen molar-refractivity contribution in [1.82, 2.24) is 20.3 Å². The number of anilines is 3. The summed E-state index contributed by atoms with van der Waals surface area (Å²) in [5, 5.41) is 9.25. The maximum Gasteiger partial charge on any atom is 0.433 e. The van der Waals surface area contributed by atoms with Crippen molar-refractivity contribution in [3.63, 3.8) is 0 Å². The molecule has 1 fully saturated rings. The first-order valence-corrected chi connectivity index (χ1v) is 6.61. The van der Waals surface area contributed by atoms with Crippen molar-refractivity contribution >= 4 is 17.3 Å². The van der Waals surface area contributed by atoms with Crippen molar-refractivity contribution in [1.29, 1.82) is 0 Å². The minimum Gasteiger partial charge on any atom is -0.362 e. The standard InChI is InChI=1S/C13H13F3N6/c14-13(15,16)10-2-1-8(7-20-10)21-11-12(19-4-3-18-11)22-9-5-17-6-9/h1-4,7,9,17H,5-6H2,(H,18,21)(H,19,22). The topological polar surface area (TPSA) is 74.8 Å². The van der Waals surface area contributed by atoms with Crippen LogP contribution >= 0.6 is 0 Å². The van der Waals surface area contributed by atoms with Crippen LogP contribution in [0.1, 0.15) is 5.69 Å². The molecule has 1 aliphatic rings. The molecule has 1 aliphatic heterocycles. The fourth-order valence-electron chi connectivity index (χ4n) is 1.89. The molecule has 0 saturated carbocycles. The molecule has 0 radical (unpaired) electrons. The first-order chi connectivity index (χ1) is 10.5. The fraction of sp³-hybridized carbons (Fsp3) is 0.308. The van der Waals surface area contributed by atoms with E-state index in [4.69, 9.17) is 0 Å². The third kappa shape index (κ3) is 3.25. The maximum absolute atomic E-state index is 12.5. The Morgan fingerprint density at radius 1 is 1.05 bits per heavy atom. The SMILES string of the molecule is FC(F)(F)c1ccc(Nc2nccnc2NC2CNC2)cn1. The lowest BCUT2D eigenvalue weighted by molar-refractivity contribution is -0.141. The summed E-state index contributed by atoms with van der Waals surface area (Å²) in [6.07, 6.45) is -0.282. The van der Waals surface area contributed by atoms with Gasteiger partial charge in [0, 0.05) is 25.5 Å². The number of nitrogens with one attached hydrogen (secondary N) is 3. The molecule has 1 saturated heterocycles. The summed E-state index contributed by atoms with van der Waals surface area (Å²) in [7, 11) is 0. The molecule has 0 bridgehead atoms. The third-order valence-electron chi connectivity index (χ3n) is 3.14. The quantitative estimate of drug-likeness (QED) is 0.802. The van der Waals surface area contributed by atoms with Gasteiger partial charge in [0.25, 0.3) is 0 Å². The minimum absolute atomic E-state index is 0.267. The highest BCUT2D eigenvalue weighted by Crippen LogP contribution is 2.28. The van der Waals surface area contributed by atoms with Crippen molar-refractivity contribution in [3.05, 3.63) is 36.4 Å². The zero-order valence-electron chi connectivity index (χ0n) is 11.4. The molecular weight excluding hydrogens is 297 g/mol. The molecule has 0 aromatic carbocycles. The number of pyridine rings is 1. The van der Waals surface area contributed by atoms with E-state index in [-0.39, 0.29) is 6.04 Å². The Balaban J connectivity index is 1.75. The highest BCUT2D eigenvalue weighted by atomic mass is 19.4. The van der Waals surface area contributed by atoms with Gasteiger partial charge in [0.05, 0.1) is 17.9 Å². The van der Waals surface area contributed by atoms with E-state index in [9.17, 15) is 13.2 Å². The Morgan fingerprint density at radius 2 is 1.77 bits per heavy atom. The Kier molecular flexibility index (Phi) is 3.80. The van der Waals surface area contributed by atoms with E-state index in [0.717, 1.165) is 25.4 Å². The van der Waals surface area contributed by atoms with E-state index in [2.05, 4.69) is 30.9 Å². The van der Waals surface area contributed by atoms with Gasteiger partial charge in [0.2, 0.25) is 0 Å². The van der Waals surface area contributed by atoms with Gasteiger partial charge in [-0.1, -0.05) is 0 Å². The number of alkyl halides is 3. The molecule has 0 atom stereocenters. The van der Waals surface area contributed by atoms with Crippen molar-refractivity contribution in [2.75, 3.05) is 23.7 Å². The number of hydrogen-bond donors (Lipinski definition) is 3. The van der Waals surface area contributed by atoms with Crippen LogP contribution in [0.4, 0.5) is 30.5 Å². The second kappa shape index (κ2) is 5.76. The lowest BCUT2D eigenvalue weighted by Crippen LogP contribution is -2.51. The monoisotopic (exact) mass is 310 g/mol. The van der Waals surface area contributed by atoms with E-state index >= 15 is 0 Å². The molecule has 6 nitrogen and oxygen atoms in total. The van der Waals surface area contributed by atoms with Crippen LogP contribution in [-0.4, -0.2) is 34.1 Å². The highest BCUT2D eigenvalue weighted by Gasteiger charge is 2.32. The lowest BCUT2D eigenvalue weighted by Gasteiger charge is -2.28. The van der Waals surface area contributed by atoms with Crippen LogP contribution in [0, 0.1) is 0 Å². The van der Waals surface area contributed by atoms with Crippen LogP contribution < -0.4 is 16.0 Å². The van der Waals surface area contributed by atoms with E-state index in [1.54, 1.807) is 6.20 Å². The largest absolute Gasteiger partial charge is 0.433 e. The second-order valence-electron chi connectivity index (χ2n) is 4.81. The van der Waals surface area contributed by atoms with Gasteiger partial charge in [-0.3, -0.25) is 0 Å². The summed E-state index contributed by atoms with van der Waals surface area (Å²) >= 11 is 0. The predicted molar refractivity (Wildman–Crippen MR) is 74.8 cm³/mol. The molecule has 0 unspecified atom stereocenters. The molecule has 0 amide bonds. The molecule has 0 aliphatic carbocycles. The van der Waals surface area contributed by atoms with Gasteiger partial charge >= 0.3 is 6.18 Å². The summed E-state index contributed by atoms with van der Waals surface area (Å²) in [5.41, 5.74) is -0.528. The van der Waals surface area contributed by atoms with Crippen LogP contribution in [-0.2, 0) is 6.18 Å². The van der Waals surface area contributed by atoms with Gasteiger partial charge in [0.15, 0.2) is 11.6 Å². The van der Waals surface area contributed by atoms with E-state index < -0.39 is 11.9 Å². The predicted octanol–water partition coefficient (Wildman–Crippen LogP) is 2.02. The van der Waals surface area contributed by atoms with Gasteiger partial charge in [-0.05, 0) is 12.1 Å². The molecule has 9 heteroatoms. The molecule has 116 valence electrons. The van der Waals surface area contributed by atoms with Crippen LogP contribution in [0.5, 0.6) is 0 Å². The van der Waals surface area contributed by atoms with Crippen LogP contribution in [0.2, 0.25) is 0 Å². The van der Waals surface area contributed by atoms with Crippen molar-refractivity contribution < 1.29 is 13.2 Å². The summed E-state index contributed by atoms with van der Waals surface area (Å²) in [4.78, 5) is 11.7. The fourth-order valence-corrected chi connectivity index (χ4v) is 1.89. The molecule has 3 heterocycles. The second-order valence-corrected chi connectivity index (χ2v) is 4.81. The van der Waals surface area contributed by atoms with E-state index in [0.29, 0.717) is 17.3 Å². The van der Waals surface area contributed by atoms with Crippen LogP contribution in [0.25, 0.3) is 0 Å². The van der Waals surface area contributed by atoms with Crippen LogP contribution in [0.15, 0.2) is 30.7 Å². The van der Waals surface area contributed by atoms with Crippen LogP contribution in [0.3, 0.4) is 0 Å². The van der Waals surface area contributed by atoms with Gasteiger partial charge in [-0.15, -0.1) is 0 Å². The smallest absolute Gasteiger partial charge is 0.362 e. The summed E-state index contributed by atoms with van der Waals surface area (Å²) in [6.45, 7) is 1.66. The van der Waals surface area contributed by atoms with Crippen molar-refractivity contribution in [3.8, 4) is 0 Å². The van der Waals surface area contributed by atoms with E-state index in [1.165, 1.54) is 12.3 Å². The van der Waals surface area contributed by atoms with E-state index in [1.807, 2.05) is 0 Å². The molecular formula is C13H13F3N6. The molecule has 2 aromatic heterocycles.